The molecule has 0 saturated heterocycles. The second kappa shape index (κ2) is 8.33. The molecule has 0 fully saturated rings. The van der Waals surface area contributed by atoms with E-state index < -0.39 is 5.97 Å². The first-order chi connectivity index (χ1) is 13.0. The molecule has 7 heteroatoms. The Morgan fingerprint density at radius 3 is 2.44 bits per heavy atom. The summed E-state index contributed by atoms with van der Waals surface area (Å²) in [4.78, 5) is 28.2. The molecule has 0 aliphatic rings. The molecule has 0 unspecified atom stereocenters. The number of benzene rings is 2. The highest BCUT2D eigenvalue weighted by molar-refractivity contribution is 6.30. The molecule has 0 spiro atoms. The number of methoxy groups -OCH3 is 1. The monoisotopic (exact) mass is 381 g/mol. The number of amides is 1. The summed E-state index contributed by atoms with van der Waals surface area (Å²) in [5, 5.41) is 6.49. The molecule has 1 aromatic heterocycles. The van der Waals surface area contributed by atoms with Crippen molar-refractivity contribution in [1.82, 2.24) is 4.98 Å². The lowest BCUT2D eigenvalue weighted by atomic mass is 10.2. The molecule has 0 atom stereocenters. The lowest BCUT2D eigenvalue weighted by Crippen LogP contribution is -2.13. The van der Waals surface area contributed by atoms with Crippen LogP contribution in [0.3, 0.4) is 0 Å². The summed E-state index contributed by atoms with van der Waals surface area (Å²) in [5.74, 6) is -0.820. The first kappa shape index (κ1) is 18.4. The Labute approximate surface area is 161 Å². The average Bonchev–Trinajstić information content (AvgIpc) is 2.68. The molecular weight excluding hydrogens is 366 g/mol. The number of carbonyl (C=O) groups excluding carboxylic acids is 2. The molecule has 0 saturated carbocycles. The highest BCUT2D eigenvalue weighted by Gasteiger charge is 2.10. The lowest BCUT2D eigenvalue weighted by molar-refractivity contribution is 0.0600. The Bertz CT molecular complexity index is 991. The van der Waals surface area contributed by atoms with Gasteiger partial charge in [0.2, 0.25) is 0 Å². The van der Waals surface area contributed by atoms with Gasteiger partial charge < -0.3 is 15.4 Å². The van der Waals surface area contributed by atoms with E-state index >= 15 is 0 Å². The zero-order chi connectivity index (χ0) is 19.2. The van der Waals surface area contributed by atoms with Crippen LogP contribution in [0, 0.1) is 0 Å². The highest BCUT2D eigenvalue weighted by Crippen LogP contribution is 2.21. The minimum atomic E-state index is -0.472. The quantitative estimate of drug-likeness (QED) is 0.635. The van der Waals surface area contributed by atoms with Crippen LogP contribution in [-0.2, 0) is 4.74 Å². The van der Waals surface area contributed by atoms with Gasteiger partial charge in [0.25, 0.3) is 5.91 Å². The number of aromatic nitrogens is 1. The minimum Gasteiger partial charge on any atom is -0.465 e. The molecule has 3 rings (SSSR count). The number of pyridine rings is 1. The van der Waals surface area contributed by atoms with Crippen molar-refractivity contribution in [3.05, 3.63) is 83.1 Å². The van der Waals surface area contributed by atoms with E-state index in [9.17, 15) is 9.59 Å². The maximum atomic E-state index is 12.5. The van der Waals surface area contributed by atoms with Gasteiger partial charge in [0.15, 0.2) is 0 Å². The predicted octanol–water partition coefficient (Wildman–Crippen LogP) is 4.52. The van der Waals surface area contributed by atoms with Crippen LogP contribution in [0.15, 0.2) is 67.0 Å². The Kier molecular flexibility index (Phi) is 5.68. The van der Waals surface area contributed by atoms with Crippen molar-refractivity contribution in [2.24, 2.45) is 0 Å². The van der Waals surface area contributed by atoms with Crippen LogP contribution < -0.4 is 10.6 Å². The Balaban J connectivity index is 1.75. The van der Waals surface area contributed by atoms with Crippen molar-refractivity contribution in [1.29, 1.82) is 0 Å². The van der Waals surface area contributed by atoms with Crippen molar-refractivity contribution in [2.75, 3.05) is 17.7 Å². The Hall–Kier alpha value is -3.38. The Morgan fingerprint density at radius 2 is 1.67 bits per heavy atom. The summed E-state index contributed by atoms with van der Waals surface area (Å²) < 4.78 is 4.68. The SMILES string of the molecule is COC(=O)c1cccc(NC(=O)c2cncc(Nc3cccc(Cl)c3)c2)c1. The fourth-order valence-electron chi connectivity index (χ4n) is 2.41. The van der Waals surface area contributed by atoms with Gasteiger partial charge in [-0.05, 0) is 42.5 Å². The van der Waals surface area contributed by atoms with Crippen molar-refractivity contribution < 1.29 is 14.3 Å². The fourth-order valence-corrected chi connectivity index (χ4v) is 2.60. The van der Waals surface area contributed by atoms with Gasteiger partial charge in [-0.1, -0.05) is 23.7 Å². The van der Waals surface area contributed by atoms with E-state index in [-0.39, 0.29) is 5.91 Å². The van der Waals surface area contributed by atoms with Gasteiger partial charge in [-0.3, -0.25) is 9.78 Å². The van der Waals surface area contributed by atoms with Crippen molar-refractivity contribution >= 4 is 40.5 Å². The largest absolute Gasteiger partial charge is 0.465 e. The van der Waals surface area contributed by atoms with E-state index in [2.05, 4.69) is 20.4 Å². The number of carbonyl (C=O) groups is 2. The first-order valence-electron chi connectivity index (χ1n) is 8.02. The number of hydrogen-bond donors (Lipinski definition) is 2. The topological polar surface area (TPSA) is 80.3 Å². The minimum absolute atomic E-state index is 0.348. The van der Waals surface area contributed by atoms with Crippen LogP contribution in [0.2, 0.25) is 5.02 Å². The third-order valence-corrected chi connectivity index (χ3v) is 3.89. The number of nitrogens with one attached hydrogen (secondary N) is 2. The number of esters is 1. The molecule has 0 radical (unpaired) electrons. The van der Waals surface area contributed by atoms with Crippen LogP contribution in [0.1, 0.15) is 20.7 Å². The van der Waals surface area contributed by atoms with Gasteiger partial charge in [0, 0.05) is 22.6 Å². The smallest absolute Gasteiger partial charge is 0.337 e. The molecule has 1 amide bonds. The summed E-state index contributed by atoms with van der Waals surface area (Å²) in [6, 6.07) is 15.4. The van der Waals surface area contributed by atoms with Crippen LogP contribution in [0.25, 0.3) is 0 Å². The summed E-state index contributed by atoms with van der Waals surface area (Å²) >= 11 is 5.98. The molecule has 1 heterocycles. The number of anilines is 3. The molecule has 0 aliphatic heterocycles. The molecule has 0 aliphatic carbocycles. The zero-order valence-electron chi connectivity index (χ0n) is 14.4. The second-order valence-corrected chi connectivity index (χ2v) is 6.06. The lowest BCUT2D eigenvalue weighted by Gasteiger charge is -2.09. The molecular formula is C20H16ClN3O3. The van der Waals surface area contributed by atoms with Gasteiger partial charge in [-0.25, -0.2) is 4.79 Å². The fraction of sp³-hybridized carbons (Fsp3) is 0.0500. The van der Waals surface area contributed by atoms with E-state index in [1.165, 1.54) is 13.3 Å². The van der Waals surface area contributed by atoms with Gasteiger partial charge in [0.05, 0.1) is 30.1 Å². The second-order valence-electron chi connectivity index (χ2n) is 5.62. The summed E-state index contributed by atoms with van der Waals surface area (Å²) in [5.41, 5.74) is 2.63. The molecule has 3 aromatic rings. The number of nitrogens with zero attached hydrogens (tertiary/aromatic N) is 1. The van der Waals surface area contributed by atoms with Crippen LogP contribution in [-0.4, -0.2) is 24.0 Å². The molecule has 6 nitrogen and oxygen atoms in total. The number of ether oxygens (including phenoxy) is 1. The van der Waals surface area contributed by atoms with E-state index in [1.807, 2.05) is 12.1 Å². The van der Waals surface area contributed by atoms with Crippen molar-refractivity contribution in [2.45, 2.75) is 0 Å². The standard InChI is InChI=1S/C20H16ClN3O3/c1-27-20(26)13-4-2-6-16(8-13)24-19(25)14-9-18(12-22-11-14)23-17-7-3-5-15(21)10-17/h2-12,23H,1H3,(H,24,25). The third-order valence-electron chi connectivity index (χ3n) is 3.66. The van der Waals surface area contributed by atoms with E-state index in [0.29, 0.717) is 27.5 Å². The normalized spacial score (nSPS) is 10.1. The Morgan fingerprint density at radius 1 is 0.926 bits per heavy atom. The van der Waals surface area contributed by atoms with Crippen LogP contribution >= 0.6 is 11.6 Å². The molecule has 2 aromatic carbocycles. The first-order valence-corrected chi connectivity index (χ1v) is 8.40. The number of rotatable bonds is 5. The molecule has 136 valence electrons. The summed E-state index contributed by atoms with van der Waals surface area (Å²) in [6.07, 6.45) is 3.07. The van der Waals surface area contributed by atoms with Gasteiger partial charge in [0.1, 0.15) is 0 Å². The summed E-state index contributed by atoms with van der Waals surface area (Å²) in [7, 11) is 1.30. The summed E-state index contributed by atoms with van der Waals surface area (Å²) in [6.45, 7) is 0. The van der Waals surface area contributed by atoms with Crippen LogP contribution in [0.4, 0.5) is 17.1 Å². The van der Waals surface area contributed by atoms with E-state index in [1.54, 1.807) is 48.7 Å². The van der Waals surface area contributed by atoms with Crippen LogP contribution in [0.5, 0.6) is 0 Å². The average molecular weight is 382 g/mol. The molecule has 0 bridgehead atoms. The van der Waals surface area contributed by atoms with Crippen molar-refractivity contribution in [3.8, 4) is 0 Å². The van der Waals surface area contributed by atoms with E-state index in [4.69, 9.17) is 11.6 Å². The molecule has 27 heavy (non-hydrogen) atoms. The van der Waals surface area contributed by atoms with E-state index in [0.717, 1.165) is 5.69 Å². The number of halogens is 1. The van der Waals surface area contributed by atoms with Gasteiger partial charge >= 0.3 is 5.97 Å². The predicted molar refractivity (Wildman–Crippen MR) is 105 cm³/mol. The van der Waals surface area contributed by atoms with Crippen molar-refractivity contribution in [3.63, 3.8) is 0 Å². The van der Waals surface area contributed by atoms with Gasteiger partial charge in [-0.15, -0.1) is 0 Å². The van der Waals surface area contributed by atoms with Gasteiger partial charge in [-0.2, -0.15) is 0 Å². The maximum Gasteiger partial charge on any atom is 0.337 e. The maximum absolute atomic E-state index is 12.5. The third kappa shape index (κ3) is 4.83. The number of hydrogen-bond acceptors (Lipinski definition) is 5. The zero-order valence-corrected chi connectivity index (χ0v) is 15.2. The molecule has 2 N–H and O–H groups in total. The highest BCUT2D eigenvalue weighted by atomic mass is 35.5.